The van der Waals surface area contributed by atoms with Crippen LogP contribution in [-0.4, -0.2) is 12.6 Å². The average Bonchev–Trinajstić information content (AvgIpc) is 3.78. The molecule has 0 fully saturated rings. The Labute approximate surface area is 366 Å². The van der Waals surface area contributed by atoms with Gasteiger partial charge in [-0.2, -0.15) is 13.7 Å². The monoisotopic (exact) mass is 849 g/mol. The van der Waals surface area contributed by atoms with Gasteiger partial charge in [0.15, 0.2) is 23.3 Å². The third-order valence-corrected chi connectivity index (χ3v) is 16.8. The van der Waals surface area contributed by atoms with Crippen LogP contribution < -0.4 is 14.3 Å². The highest BCUT2D eigenvalue weighted by atomic mass is 32.1. The van der Waals surface area contributed by atoms with Crippen LogP contribution in [0.5, 0.6) is 0 Å². The number of hydrogen-bond donors (Lipinski definition) is 0. The fourth-order valence-corrected chi connectivity index (χ4v) is 13.4. The lowest BCUT2D eigenvalue weighted by molar-refractivity contribution is -0.716. The number of fused-ring (bicyclic) bond motifs is 15. The molecule has 3 nitrogen and oxygen atoms in total. The molecule has 0 N–H and O–H groups in total. The number of aromatic nitrogens is 3. The lowest BCUT2D eigenvalue weighted by Crippen LogP contribution is -2.52. The van der Waals surface area contributed by atoms with Crippen molar-refractivity contribution in [1.82, 2.24) is 4.57 Å². The molecule has 9 aromatic rings. The number of aryl methyl sites for hydroxylation is 4. The molecule has 5 heterocycles. The molecule has 11 rings (SSSR count). The van der Waals surface area contributed by atoms with Crippen LogP contribution in [-0.2, 0) is 6.42 Å². The minimum atomic E-state index is -1.65. The number of para-hydroxylation sites is 2. The first kappa shape index (κ1) is 38.9. The normalized spacial score (nSPS) is 16.2. The Hall–Kier alpha value is -6.02. The molecule has 0 saturated carbocycles. The van der Waals surface area contributed by atoms with Gasteiger partial charge in [0.1, 0.15) is 23.0 Å². The van der Waals surface area contributed by atoms with E-state index in [9.17, 15) is 8.78 Å². The van der Waals surface area contributed by atoms with E-state index in [1.54, 1.807) is 11.3 Å². The van der Waals surface area contributed by atoms with Crippen molar-refractivity contribution >= 4 is 61.5 Å². The Morgan fingerprint density at radius 3 is 2.27 bits per heavy atom. The fourth-order valence-electron chi connectivity index (χ4n) is 11.0. The van der Waals surface area contributed by atoms with Crippen molar-refractivity contribution in [3.05, 3.63) is 174 Å². The van der Waals surface area contributed by atoms with E-state index in [0.29, 0.717) is 5.56 Å². The van der Waals surface area contributed by atoms with Gasteiger partial charge in [0.25, 0.3) is 0 Å². The minimum Gasteiger partial charge on any atom is -0.207 e. The molecule has 0 amide bonds. The summed E-state index contributed by atoms with van der Waals surface area (Å²) in [5, 5.41) is 3.55. The van der Waals surface area contributed by atoms with Crippen LogP contribution in [0.1, 0.15) is 52.6 Å². The Balaban J connectivity index is 1.25. The average molecular weight is 850 g/mol. The molecule has 306 valence electrons. The summed E-state index contributed by atoms with van der Waals surface area (Å²) < 4.78 is 39.5. The van der Waals surface area contributed by atoms with Crippen molar-refractivity contribution in [3.63, 3.8) is 0 Å². The zero-order valence-corrected chi connectivity index (χ0v) is 37.9. The summed E-state index contributed by atoms with van der Waals surface area (Å²) in [6.45, 7) is 19.0. The van der Waals surface area contributed by atoms with E-state index in [1.807, 2.05) is 12.1 Å². The number of thiophene rings is 1. The molecular formula is C55H49F2N3SSi+2. The Kier molecular flexibility index (Phi) is 8.94. The summed E-state index contributed by atoms with van der Waals surface area (Å²) in [4.78, 5) is 0. The van der Waals surface area contributed by atoms with E-state index in [1.165, 1.54) is 67.6 Å². The van der Waals surface area contributed by atoms with Crippen LogP contribution >= 0.6 is 11.3 Å². The van der Waals surface area contributed by atoms with E-state index in [2.05, 4.69) is 151 Å². The minimum absolute atomic E-state index is 0.151. The number of nitrogens with zero attached hydrogens (tertiary/aromatic N) is 3. The predicted molar refractivity (Wildman–Crippen MR) is 256 cm³/mol. The van der Waals surface area contributed by atoms with Gasteiger partial charge in [0.2, 0.25) is 5.69 Å². The highest BCUT2D eigenvalue weighted by Crippen LogP contribution is 2.50. The van der Waals surface area contributed by atoms with Gasteiger partial charge in [0, 0.05) is 44.3 Å². The van der Waals surface area contributed by atoms with Gasteiger partial charge in [-0.05, 0) is 103 Å². The molecule has 7 heteroatoms. The van der Waals surface area contributed by atoms with Gasteiger partial charge in [-0.25, -0.2) is 8.78 Å². The number of rotatable bonds is 3. The molecule has 2 aliphatic rings. The topological polar surface area (TPSA) is 12.7 Å². The quantitative estimate of drug-likeness (QED) is 0.124. The number of imidazole rings is 1. The van der Waals surface area contributed by atoms with Crippen molar-refractivity contribution in [3.8, 4) is 39.5 Å². The second-order valence-electron chi connectivity index (χ2n) is 18.7. The lowest BCUT2D eigenvalue weighted by Gasteiger charge is -2.32. The van der Waals surface area contributed by atoms with Crippen LogP contribution in [0.4, 0.5) is 8.78 Å². The molecule has 0 bridgehead atoms. The Bertz CT molecular complexity index is 3320. The van der Waals surface area contributed by atoms with Gasteiger partial charge >= 0.3 is 5.82 Å². The van der Waals surface area contributed by atoms with Crippen LogP contribution in [0.25, 0.3) is 76.4 Å². The number of pyridine rings is 1. The van der Waals surface area contributed by atoms with Crippen molar-refractivity contribution in [2.24, 2.45) is 0 Å². The number of halogens is 2. The van der Waals surface area contributed by atoms with E-state index >= 15 is 0 Å². The number of allylic oxidation sites excluding steroid dienone is 1. The van der Waals surface area contributed by atoms with Crippen molar-refractivity contribution < 1.29 is 17.9 Å². The van der Waals surface area contributed by atoms with E-state index in [4.69, 9.17) is 6.58 Å². The van der Waals surface area contributed by atoms with Crippen molar-refractivity contribution in [2.75, 3.05) is 0 Å². The number of hydrogen-bond acceptors (Lipinski definition) is 1. The van der Waals surface area contributed by atoms with Crippen LogP contribution in [0.15, 0.2) is 134 Å². The standard InChI is InChI=1S/C55H49F2N3SSi/c1-32-25-33(2)53(34(3)26-32)60-48-17-11-10-16-47(48)59-35(4)27-49-44(42-13-8-9-14-43(42)46-24-21-40(31-58(46)49)62(5,6)7)22-19-36-20-23-45-52-41(37-28-38(56)30-39(57)29-37)15-12-18-50(52)61-54(45)51(36)55(59)60/h8-18,20-21,23-26,28-31,44,49H,4,19,22,27H2,1-3,5-7H3/q+2. The fraction of sp³-hybridized carbons (Fsp3) is 0.200. The zero-order valence-electron chi connectivity index (χ0n) is 36.1. The maximum absolute atomic E-state index is 14.8. The van der Waals surface area contributed by atoms with Crippen LogP contribution in [0, 0.1) is 32.4 Å². The Morgan fingerprint density at radius 2 is 1.50 bits per heavy atom. The Morgan fingerprint density at radius 1 is 0.774 bits per heavy atom. The third-order valence-electron chi connectivity index (χ3n) is 13.6. The summed E-state index contributed by atoms with van der Waals surface area (Å²) in [6.07, 6.45) is 5.06. The predicted octanol–water partition coefficient (Wildman–Crippen LogP) is 13.5. The lowest BCUT2D eigenvalue weighted by atomic mass is 9.77. The van der Waals surface area contributed by atoms with Gasteiger partial charge in [-0.15, -0.1) is 11.3 Å². The van der Waals surface area contributed by atoms with Crippen LogP contribution in [0.3, 0.4) is 0 Å². The molecule has 0 spiro atoms. The van der Waals surface area contributed by atoms with Crippen LogP contribution in [0.2, 0.25) is 19.6 Å². The highest BCUT2D eigenvalue weighted by Gasteiger charge is 2.44. The van der Waals surface area contributed by atoms with E-state index in [0.717, 1.165) is 73.6 Å². The molecular weight excluding hydrogens is 801 g/mol. The summed E-state index contributed by atoms with van der Waals surface area (Å²) >= 11 is 1.77. The summed E-state index contributed by atoms with van der Waals surface area (Å²) in [6, 6.07) is 42.0. The molecule has 2 atom stereocenters. The molecule has 2 aliphatic heterocycles. The molecule has 0 aliphatic carbocycles. The first-order valence-corrected chi connectivity index (χ1v) is 26.1. The summed E-state index contributed by atoms with van der Waals surface area (Å²) in [5.41, 5.74) is 15.9. The third kappa shape index (κ3) is 5.99. The molecule has 62 heavy (non-hydrogen) atoms. The maximum Gasteiger partial charge on any atom is 0.301 e. The summed E-state index contributed by atoms with van der Waals surface area (Å²) in [5.74, 6) is 0.172. The van der Waals surface area contributed by atoms with Gasteiger partial charge < -0.3 is 0 Å². The van der Waals surface area contributed by atoms with E-state index < -0.39 is 19.7 Å². The molecule has 6 aromatic carbocycles. The molecule has 0 saturated heterocycles. The SMILES string of the molecule is C=C1CC2C(CCc3ccc4c(sc5cccc(-c6cc(F)cc(F)c6)c54)c3-c3n1c1ccccc1[n+]3-c1c(C)cc(C)cc1C)c1ccccc1-c1ccc([Si](C)(C)C)c[n+]12. The van der Waals surface area contributed by atoms with Crippen molar-refractivity contribution in [1.29, 1.82) is 0 Å². The second-order valence-corrected chi connectivity index (χ2v) is 24.8. The van der Waals surface area contributed by atoms with E-state index in [-0.39, 0.29) is 12.0 Å². The first-order chi connectivity index (χ1) is 29.9. The molecule has 2 unspecified atom stereocenters. The largest absolute Gasteiger partial charge is 0.301 e. The van der Waals surface area contributed by atoms with Crippen molar-refractivity contribution in [2.45, 2.75) is 71.6 Å². The summed E-state index contributed by atoms with van der Waals surface area (Å²) in [7, 11) is -1.65. The van der Waals surface area contributed by atoms with Gasteiger partial charge in [-0.1, -0.05) is 105 Å². The zero-order chi connectivity index (χ0) is 42.8. The molecule has 3 aromatic heterocycles. The second kappa shape index (κ2) is 14.3. The maximum atomic E-state index is 14.8. The van der Waals surface area contributed by atoms with Gasteiger partial charge in [-0.3, -0.25) is 0 Å². The smallest absolute Gasteiger partial charge is 0.207 e. The highest BCUT2D eigenvalue weighted by molar-refractivity contribution is 7.26. The van der Waals surface area contributed by atoms with Gasteiger partial charge in [0.05, 0.1) is 24.8 Å². The first-order valence-electron chi connectivity index (χ1n) is 21.8. The number of benzene rings is 6. The molecule has 0 radical (unpaired) electrons.